The Morgan fingerprint density at radius 2 is 2.15 bits per heavy atom. The largest absolute Gasteiger partial charge is 0.496 e. The van der Waals surface area contributed by atoms with E-state index in [4.69, 9.17) is 9.73 Å². The van der Waals surface area contributed by atoms with Crippen molar-refractivity contribution >= 4 is 5.96 Å². The first-order valence-corrected chi connectivity index (χ1v) is 10.4. The van der Waals surface area contributed by atoms with E-state index >= 15 is 0 Å². The minimum Gasteiger partial charge on any atom is -0.496 e. The summed E-state index contributed by atoms with van der Waals surface area (Å²) in [4.78, 5) is 7.43. The van der Waals surface area contributed by atoms with Gasteiger partial charge in [-0.1, -0.05) is 12.1 Å². The van der Waals surface area contributed by atoms with Gasteiger partial charge in [-0.05, 0) is 76.6 Å². The van der Waals surface area contributed by atoms with Gasteiger partial charge in [-0.25, -0.2) is 0 Å². The van der Waals surface area contributed by atoms with Crippen molar-refractivity contribution in [2.75, 3.05) is 39.8 Å². The third-order valence-electron chi connectivity index (χ3n) is 5.31. The topological polar surface area (TPSA) is 48.9 Å². The molecule has 5 heteroatoms. The Bertz CT molecular complexity index is 600. The van der Waals surface area contributed by atoms with Crippen LogP contribution in [0.5, 0.6) is 5.75 Å². The Labute approximate surface area is 165 Å². The van der Waals surface area contributed by atoms with Gasteiger partial charge in [0.2, 0.25) is 0 Å². The molecule has 1 unspecified atom stereocenters. The maximum absolute atomic E-state index is 5.42. The Balaban J connectivity index is 1.84. The van der Waals surface area contributed by atoms with Crippen LogP contribution >= 0.6 is 0 Å². The summed E-state index contributed by atoms with van der Waals surface area (Å²) >= 11 is 0. The van der Waals surface area contributed by atoms with E-state index < -0.39 is 0 Å². The molecule has 0 radical (unpaired) electrons. The lowest BCUT2D eigenvalue weighted by atomic mass is 9.97. The molecule has 2 N–H and O–H groups in total. The summed E-state index contributed by atoms with van der Waals surface area (Å²) in [6.45, 7) is 13.8. The first kappa shape index (κ1) is 21.5. The number of rotatable bonds is 8. The molecule has 1 atom stereocenters. The summed E-state index contributed by atoms with van der Waals surface area (Å²) in [5, 5.41) is 6.85. The van der Waals surface area contributed by atoms with Gasteiger partial charge >= 0.3 is 0 Å². The SMILES string of the molecule is CCNC(=NCC1CCCN(C(C)C)C1)NCCc1ccc(C)c(OC)c1. The molecule has 0 spiro atoms. The van der Waals surface area contributed by atoms with Crippen molar-refractivity contribution in [1.29, 1.82) is 0 Å². The number of guanidine groups is 1. The van der Waals surface area contributed by atoms with E-state index in [0.29, 0.717) is 12.0 Å². The lowest BCUT2D eigenvalue weighted by molar-refractivity contribution is 0.143. The fourth-order valence-corrected chi connectivity index (χ4v) is 3.62. The number of likely N-dealkylation sites (tertiary alicyclic amines) is 1. The first-order chi connectivity index (χ1) is 13.0. The molecule has 27 heavy (non-hydrogen) atoms. The monoisotopic (exact) mass is 374 g/mol. The number of piperidine rings is 1. The van der Waals surface area contributed by atoms with Crippen molar-refractivity contribution in [3.8, 4) is 5.75 Å². The predicted octanol–water partition coefficient (Wildman–Crippen LogP) is 3.22. The number of aliphatic imine (C=N–C) groups is 1. The van der Waals surface area contributed by atoms with Crippen molar-refractivity contribution in [1.82, 2.24) is 15.5 Å². The Hall–Kier alpha value is -1.75. The second kappa shape index (κ2) is 11.2. The highest BCUT2D eigenvalue weighted by Crippen LogP contribution is 2.19. The maximum atomic E-state index is 5.42. The van der Waals surface area contributed by atoms with E-state index in [1.54, 1.807) is 7.11 Å². The van der Waals surface area contributed by atoms with E-state index in [1.165, 1.54) is 37.1 Å². The molecule has 1 aliphatic heterocycles. The fraction of sp³-hybridized carbons (Fsp3) is 0.682. The van der Waals surface area contributed by atoms with E-state index in [9.17, 15) is 0 Å². The second-order valence-electron chi connectivity index (χ2n) is 7.80. The van der Waals surface area contributed by atoms with Gasteiger partial charge in [0.1, 0.15) is 5.75 Å². The maximum Gasteiger partial charge on any atom is 0.191 e. The van der Waals surface area contributed by atoms with Crippen LogP contribution in [-0.4, -0.2) is 56.7 Å². The van der Waals surface area contributed by atoms with Crippen LogP contribution in [0.1, 0.15) is 44.7 Å². The predicted molar refractivity (Wildman–Crippen MR) is 115 cm³/mol. The first-order valence-electron chi connectivity index (χ1n) is 10.4. The number of benzene rings is 1. The van der Waals surface area contributed by atoms with E-state index in [2.05, 4.69) is 61.4 Å². The molecule has 5 nitrogen and oxygen atoms in total. The van der Waals surface area contributed by atoms with Gasteiger partial charge in [-0.2, -0.15) is 0 Å². The van der Waals surface area contributed by atoms with Crippen LogP contribution in [0.4, 0.5) is 0 Å². The minimum absolute atomic E-state index is 0.634. The van der Waals surface area contributed by atoms with Gasteiger partial charge in [0.15, 0.2) is 5.96 Å². The van der Waals surface area contributed by atoms with Crippen LogP contribution in [0, 0.1) is 12.8 Å². The number of aryl methyl sites for hydroxylation is 1. The molecule has 1 heterocycles. The Kier molecular flexibility index (Phi) is 8.92. The van der Waals surface area contributed by atoms with Crippen LogP contribution in [0.25, 0.3) is 0 Å². The van der Waals surface area contributed by atoms with Gasteiger partial charge in [0.05, 0.1) is 7.11 Å². The number of hydrogen-bond donors (Lipinski definition) is 2. The van der Waals surface area contributed by atoms with Crippen LogP contribution in [0.3, 0.4) is 0 Å². The lowest BCUT2D eigenvalue weighted by Gasteiger charge is -2.34. The number of hydrogen-bond acceptors (Lipinski definition) is 3. The van der Waals surface area contributed by atoms with Gasteiger partial charge in [0, 0.05) is 32.2 Å². The van der Waals surface area contributed by atoms with E-state index in [-0.39, 0.29) is 0 Å². The Morgan fingerprint density at radius 3 is 2.85 bits per heavy atom. The molecule has 152 valence electrons. The summed E-state index contributed by atoms with van der Waals surface area (Å²) in [5.74, 6) is 2.55. The third kappa shape index (κ3) is 7.06. The van der Waals surface area contributed by atoms with Crippen molar-refractivity contribution in [2.45, 2.75) is 53.0 Å². The summed E-state index contributed by atoms with van der Waals surface area (Å²) in [7, 11) is 1.73. The average Bonchev–Trinajstić information content (AvgIpc) is 2.67. The number of nitrogens with zero attached hydrogens (tertiary/aromatic N) is 2. The van der Waals surface area contributed by atoms with Crippen LogP contribution < -0.4 is 15.4 Å². The fourth-order valence-electron chi connectivity index (χ4n) is 3.62. The summed E-state index contributed by atoms with van der Waals surface area (Å²) < 4.78 is 5.42. The molecular formula is C22H38N4O. The number of ether oxygens (including phenoxy) is 1. The molecule has 1 aliphatic rings. The Morgan fingerprint density at radius 1 is 1.33 bits per heavy atom. The molecule has 1 saturated heterocycles. The van der Waals surface area contributed by atoms with Gasteiger partial charge in [-0.15, -0.1) is 0 Å². The van der Waals surface area contributed by atoms with Crippen molar-refractivity contribution < 1.29 is 4.74 Å². The average molecular weight is 375 g/mol. The third-order valence-corrected chi connectivity index (χ3v) is 5.31. The van der Waals surface area contributed by atoms with Gasteiger partial charge in [0.25, 0.3) is 0 Å². The van der Waals surface area contributed by atoms with Crippen LogP contribution in [0.2, 0.25) is 0 Å². The molecule has 1 aromatic rings. The lowest BCUT2D eigenvalue weighted by Crippen LogP contribution is -2.42. The molecular weight excluding hydrogens is 336 g/mol. The van der Waals surface area contributed by atoms with Crippen molar-refractivity contribution in [2.24, 2.45) is 10.9 Å². The standard InChI is InChI=1S/C22H38N4O/c1-6-23-22(25-15-20-8-7-13-26(16-20)17(2)3)24-12-11-19-10-9-18(4)21(14-19)27-5/h9-10,14,17,20H,6-8,11-13,15-16H2,1-5H3,(H2,23,24,25). The smallest absolute Gasteiger partial charge is 0.191 e. The van der Waals surface area contributed by atoms with Gasteiger partial charge < -0.3 is 20.3 Å². The highest BCUT2D eigenvalue weighted by atomic mass is 16.5. The van der Waals surface area contributed by atoms with Crippen molar-refractivity contribution in [3.63, 3.8) is 0 Å². The highest BCUT2D eigenvalue weighted by molar-refractivity contribution is 5.79. The summed E-state index contributed by atoms with van der Waals surface area (Å²) in [6, 6.07) is 7.06. The van der Waals surface area contributed by atoms with E-state index in [0.717, 1.165) is 37.8 Å². The van der Waals surface area contributed by atoms with Gasteiger partial charge in [-0.3, -0.25) is 4.99 Å². The van der Waals surface area contributed by atoms with E-state index in [1.807, 2.05) is 0 Å². The zero-order valence-corrected chi connectivity index (χ0v) is 17.8. The number of methoxy groups -OCH3 is 1. The normalized spacial score (nSPS) is 18.6. The molecule has 0 aliphatic carbocycles. The summed E-state index contributed by atoms with van der Waals surface area (Å²) in [6.07, 6.45) is 3.53. The summed E-state index contributed by atoms with van der Waals surface area (Å²) in [5.41, 5.74) is 2.45. The van der Waals surface area contributed by atoms with Crippen LogP contribution in [-0.2, 0) is 6.42 Å². The molecule has 0 aromatic heterocycles. The van der Waals surface area contributed by atoms with Crippen LogP contribution in [0.15, 0.2) is 23.2 Å². The molecule has 2 rings (SSSR count). The minimum atomic E-state index is 0.634. The van der Waals surface area contributed by atoms with Crippen molar-refractivity contribution in [3.05, 3.63) is 29.3 Å². The molecule has 1 fully saturated rings. The zero-order valence-electron chi connectivity index (χ0n) is 17.8. The number of nitrogens with one attached hydrogen (secondary N) is 2. The molecule has 1 aromatic carbocycles. The molecule has 0 saturated carbocycles. The highest BCUT2D eigenvalue weighted by Gasteiger charge is 2.21. The molecule has 0 amide bonds. The zero-order chi connectivity index (χ0) is 19.6. The molecule has 0 bridgehead atoms. The quantitative estimate of drug-likeness (QED) is 0.542. The second-order valence-corrected chi connectivity index (χ2v) is 7.80.